The zero-order chi connectivity index (χ0) is 51.3. The van der Waals surface area contributed by atoms with Gasteiger partial charge in [-0.3, -0.25) is 9.59 Å². The minimum Gasteiger partial charge on any atom is -0.465 e. The van der Waals surface area contributed by atoms with Crippen LogP contribution in [0.4, 0.5) is 17.6 Å². The number of carbonyl (C=O) groups excluding carboxylic acids is 3. The van der Waals surface area contributed by atoms with Crippen LogP contribution >= 0.6 is 11.6 Å². The van der Waals surface area contributed by atoms with Gasteiger partial charge in [-0.05, 0) is 115 Å². The Kier molecular flexibility index (Phi) is 10.8. The van der Waals surface area contributed by atoms with Crippen LogP contribution in [0.25, 0.3) is 0 Å². The predicted octanol–water partition coefficient (Wildman–Crippen LogP) is 7.18. The molecule has 2 N–H and O–H groups in total. The third-order valence-electron chi connectivity index (χ3n) is 4.01. The fraction of sp³-hybridized carbons (Fsp3) is 0.206. The van der Waals surface area contributed by atoms with Gasteiger partial charge in [-0.25, -0.2) is 22.4 Å². The zero-order valence-electron chi connectivity index (χ0n) is 42.7. The number of hydrogen-bond acceptors (Lipinski definition) is 7. The third-order valence-corrected chi connectivity index (χ3v) is 4.19. The first kappa shape index (κ1) is 19.3. The van der Waals surface area contributed by atoms with Crippen LogP contribution in [0.3, 0.4) is 0 Å². The van der Waals surface area contributed by atoms with E-state index in [0.717, 1.165) is 27.4 Å². The lowest BCUT2D eigenvalue weighted by Crippen LogP contribution is -2.00. The molecule has 0 amide bonds. The molecule has 0 aromatic heterocycles. The van der Waals surface area contributed by atoms with Gasteiger partial charge in [-0.1, -0.05) is 12.1 Å². The van der Waals surface area contributed by atoms with Crippen LogP contribution in [0.2, 0.25) is 0 Å². The van der Waals surface area contributed by atoms with E-state index in [1.54, 1.807) is 0 Å². The molecule has 0 bridgehead atoms. The van der Waals surface area contributed by atoms with Crippen molar-refractivity contribution in [1.29, 1.82) is 0 Å². The monoisotopic (exact) mass is 685 g/mol. The summed E-state index contributed by atoms with van der Waals surface area (Å²) in [7, 11) is 2.04. The molecule has 5 rings (SSSR count). The molecule has 46 heavy (non-hydrogen) atoms. The summed E-state index contributed by atoms with van der Waals surface area (Å²) in [6.07, 6.45) is 1.20. The van der Waals surface area contributed by atoms with Crippen LogP contribution in [0.1, 0.15) is 75.5 Å². The smallest absolute Gasteiger partial charge is 0.337 e. The van der Waals surface area contributed by atoms with Crippen molar-refractivity contribution in [2.45, 2.75) is 19.4 Å². The van der Waals surface area contributed by atoms with Gasteiger partial charge in [0.1, 0.15) is 30.9 Å². The number of benzene rings is 4. The van der Waals surface area contributed by atoms with Crippen LogP contribution in [-0.2, 0) is 16.0 Å². The zero-order valence-corrected chi connectivity index (χ0v) is 24.4. The molecule has 4 aromatic rings. The molecule has 0 saturated carbocycles. The number of halogens is 5. The van der Waals surface area contributed by atoms with Gasteiger partial charge in [0.05, 0.1) is 43.9 Å². The van der Waals surface area contributed by atoms with Gasteiger partial charge >= 0.3 is 5.97 Å². The average molecular weight is 686 g/mol. The minimum atomic E-state index is -3.03. The maximum absolute atomic E-state index is 13.0. The lowest BCUT2D eigenvalue weighted by atomic mass is 10.2. The molecule has 248 valence electrons. The number of ether oxygens (including phenoxy) is 2. The molecular weight excluding hydrogens is 632 g/mol. The highest BCUT2D eigenvalue weighted by Gasteiger charge is 2.03. The third kappa shape index (κ3) is 19.8. The number of carbonyl (C=O) groups is 3. The molecule has 1 fully saturated rings. The van der Waals surface area contributed by atoms with Gasteiger partial charge in [0.25, 0.3) is 5.24 Å². The number of aliphatic hydroxyl groups excluding tert-OH is 1. The lowest BCUT2D eigenvalue weighted by Gasteiger charge is -1.96. The topological polar surface area (TPSA) is 110 Å². The van der Waals surface area contributed by atoms with Crippen LogP contribution in [0.15, 0.2) is 96.7 Å². The van der Waals surface area contributed by atoms with Crippen molar-refractivity contribution in [1.82, 2.24) is 0 Å². The van der Waals surface area contributed by atoms with Gasteiger partial charge in [0.2, 0.25) is 0 Å². The number of rotatable bonds is 4. The standard InChI is InChI=1S/C8H7FO2.C7H4ClFO.C7H7FO.C7H5FO.C4H8O.CH4O/c1-11-8(10)6-2-4-7(9)5-3-6;8-7(10)5-1-3-6(9)4-2-5;2*8-7-3-1-6(5-9)2-4-7;1-2-4-5-3-1;1-2/h2-5H,1H3;1-4H;1-4,9H,5H2;1-5H;1-4H2;2H,1H3/i2D,3D,4D,5D;1D,2D,3D,4D;1D,2D,3D,4D,5D2;1D,2D,3D,4D,5D;;. The highest BCUT2D eigenvalue weighted by molar-refractivity contribution is 6.67. The van der Waals surface area contributed by atoms with Gasteiger partial charge in [0.15, 0.2) is 0 Å². The fourth-order valence-electron chi connectivity index (χ4n) is 2.11. The van der Waals surface area contributed by atoms with Gasteiger partial charge in [-0.2, -0.15) is 0 Å². The SMILES string of the molecule is C1CCOC1.CO.[2H]C(=O)c1c([2H])c([2H])c(F)c([2H])c1[2H].[2H]c1c([2H])c(C(=O)Cl)c([2H])c([2H])c1F.[2H]c1c([2H])c(C(=O)OC)c([2H])c([2H])c1F.[2H]c1c([2H])c(C([2H])([2H])O)c([2H])c([2H])c1F. The summed E-state index contributed by atoms with van der Waals surface area (Å²) >= 11 is 5.04. The quantitative estimate of drug-likeness (QED) is 0.101. The number of aliphatic hydroxyl groups is 2. The first-order valence-corrected chi connectivity index (χ1v) is 12.3. The van der Waals surface area contributed by atoms with Crippen molar-refractivity contribution in [3.8, 4) is 0 Å². The molecule has 1 heterocycles. The summed E-state index contributed by atoms with van der Waals surface area (Å²) in [6.45, 7) is -1.03. The van der Waals surface area contributed by atoms with E-state index in [1.165, 1.54) is 12.8 Å². The van der Waals surface area contributed by atoms with Gasteiger partial charge < -0.3 is 19.7 Å². The maximum Gasteiger partial charge on any atom is 0.337 e. The van der Waals surface area contributed by atoms with Crippen molar-refractivity contribution in [3.05, 3.63) is 142 Å². The summed E-state index contributed by atoms with van der Waals surface area (Å²) in [4.78, 5) is 32.5. The fourth-order valence-corrected chi connectivity index (χ4v) is 2.20. The molecule has 1 aliphatic rings. The highest BCUT2D eigenvalue weighted by Crippen LogP contribution is 2.05. The van der Waals surface area contributed by atoms with Crippen molar-refractivity contribution < 1.29 is 77.7 Å². The molecule has 1 aliphatic heterocycles. The van der Waals surface area contributed by atoms with E-state index < -0.39 is 166 Å². The molecule has 0 unspecified atom stereocenters. The van der Waals surface area contributed by atoms with Crippen molar-refractivity contribution >= 4 is 29.1 Å². The Morgan fingerprint density at radius 3 is 1.48 bits per heavy atom. The van der Waals surface area contributed by atoms with E-state index >= 15 is 0 Å². The molecule has 7 nitrogen and oxygen atoms in total. The summed E-state index contributed by atoms with van der Waals surface area (Å²) in [5, 5.41) is 14.9. The Bertz CT molecular complexity index is 2220. The number of methoxy groups -OCH3 is 1. The number of esters is 1. The first-order valence-electron chi connectivity index (χ1n) is 21.4. The van der Waals surface area contributed by atoms with Crippen molar-refractivity contribution in [2.75, 3.05) is 27.4 Å². The Balaban J connectivity index is 0.000000799. The number of hydrogen-bond donors (Lipinski definition) is 2. The first-order chi connectivity index (χ1) is 29.8. The van der Waals surface area contributed by atoms with Gasteiger partial charge in [-0.15, -0.1) is 0 Å². The Hall–Kier alpha value is -4.42. The second kappa shape index (κ2) is 25.9. The lowest BCUT2D eigenvalue weighted by molar-refractivity contribution is 0.0600. The Labute approximate surface area is 296 Å². The molecule has 0 atom stereocenters. The summed E-state index contributed by atoms with van der Waals surface area (Å²) in [6, 6.07) is -13.9. The molecular formula is C34H35ClF4O7. The molecule has 12 heteroatoms. The van der Waals surface area contributed by atoms with Crippen molar-refractivity contribution in [2.24, 2.45) is 0 Å². The van der Waals surface area contributed by atoms with Crippen LogP contribution in [-0.4, -0.2) is 55.1 Å². The Morgan fingerprint density at radius 2 is 1.17 bits per heavy atom. The summed E-state index contributed by atoms with van der Waals surface area (Å²) in [5.74, 6) is -6.27. The predicted molar refractivity (Wildman–Crippen MR) is 167 cm³/mol. The second-order valence-electron chi connectivity index (χ2n) is 7.05. The van der Waals surface area contributed by atoms with Crippen LogP contribution < -0.4 is 0 Å². The van der Waals surface area contributed by atoms with Crippen molar-refractivity contribution in [3.63, 3.8) is 0 Å². The second-order valence-corrected chi connectivity index (χ2v) is 7.40. The molecule has 0 aliphatic carbocycles. The average Bonchev–Trinajstić information content (AvgIpc) is 3.85. The summed E-state index contributed by atoms with van der Waals surface area (Å²) in [5.41, 5.74) is -2.74. The maximum atomic E-state index is 13.0. The van der Waals surface area contributed by atoms with Gasteiger partial charge in [0, 0.05) is 31.5 Å². The Morgan fingerprint density at radius 1 is 0.804 bits per heavy atom. The van der Waals surface area contributed by atoms with E-state index in [2.05, 4.69) is 4.74 Å². The highest BCUT2D eigenvalue weighted by atomic mass is 35.5. The van der Waals surface area contributed by atoms with E-state index in [9.17, 15) is 31.9 Å². The molecule has 0 radical (unpaired) electrons. The molecule has 0 spiro atoms. The van der Waals surface area contributed by atoms with Crippen LogP contribution in [0, 0.1) is 23.3 Å². The normalized spacial score (nSPS) is 16.8. The molecule has 4 aromatic carbocycles. The molecule has 1 saturated heterocycles. The largest absolute Gasteiger partial charge is 0.465 e. The number of aldehydes is 1. The van der Waals surface area contributed by atoms with E-state index in [1.807, 2.05) is 0 Å². The van der Waals surface area contributed by atoms with E-state index in [0.29, 0.717) is 0 Å². The minimum absolute atomic E-state index is 0.561. The van der Waals surface area contributed by atoms with E-state index in [-0.39, 0.29) is 0 Å². The van der Waals surface area contributed by atoms with E-state index in [4.69, 9.17) is 52.6 Å². The van der Waals surface area contributed by atoms with Crippen LogP contribution in [0.5, 0.6) is 0 Å². The summed E-state index contributed by atoms with van der Waals surface area (Å²) < 4.78 is 196.